The molecule has 2 aromatic carbocycles. The third-order valence-corrected chi connectivity index (χ3v) is 4.75. The lowest BCUT2D eigenvalue weighted by molar-refractivity contribution is -0.122. The molecule has 1 aliphatic heterocycles. The second-order valence-electron chi connectivity index (χ2n) is 6.61. The fraction of sp³-hybridized carbons (Fsp3) is 0.250. The predicted molar refractivity (Wildman–Crippen MR) is 104 cm³/mol. The third-order valence-electron chi connectivity index (χ3n) is 4.75. The van der Waals surface area contributed by atoms with Gasteiger partial charge in [-0.15, -0.1) is 0 Å². The van der Waals surface area contributed by atoms with Crippen LogP contribution in [0.15, 0.2) is 30.3 Å². The second-order valence-corrected chi connectivity index (χ2v) is 6.61. The first-order chi connectivity index (χ1) is 14.2. The summed E-state index contributed by atoms with van der Waals surface area (Å²) < 4.78 is 38.1. The zero-order chi connectivity index (χ0) is 22.0. The van der Waals surface area contributed by atoms with Crippen LogP contribution in [0.2, 0.25) is 0 Å². The Morgan fingerprint density at radius 1 is 1.13 bits per heavy atom. The standard InChI is InChI=1S/C20H19F2N3O5/c1-29-11-3-4-17(30-2)16(6-11)25-9-10(5-18(25)26)20(28)24-15-7-12(19(23)27)13(21)8-14(15)22/h3-4,6-8,10H,5,9H2,1-2H3,(H2,23,27)(H,24,28). The molecule has 1 saturated heterocycles. The Morgan fingerprint density at radius 2 is 1.87 bits per heavy atom. The summed E-state index contributed by atoms with van der Waals surface area (Å²) in [5, 5.41) is 2.30. The molecule has 158 valence electrons. The lowest BCUT2D eigenvalue weighted by Crippen LogP contribution is -2.28. The van der Waals surface area contributed by atoms with Crippen LogP contribution in [0.25, 0.3) is 0 Å². The van der Waals surface area contributed by atoms with E-state index in [4.69, 9.17) is 15.2 Å². The van der Waals surface area contributed by atoms with Crippen molar-refractivity contribution in [2.24, 2.45) is 11.7 Å². The van der Waals surface area contributed by atoms with E-state index in [1.165, 1.54) is 19.1 Å². The average molecular weight is 419 g/mol. The van der Waals surface area contributed by atoms with Gasteiger partial charge in [0, 0.05) is 25.1 Å². The van der Waals surface area contributed by atoms with E-state index in [1.54, 1.807) is 18.2 Å². The highest BCUT2D eigenvalue weighted by atomic mass is 19.1. The molecule has 2 aromatic rings. The molecule has 1 aliphatic rings. The average Bonchev–Trinajstić information content (AvgIpc) is 3.10. The molecule has 1 atom stereocenters. The van der Waals surface area contributed by atoms with Crippen LogP contribution in [0.4, 0.5) is 20.2 Å². The summed E-state index contributed by atoms with van der Waals surface area (Å²) in [5.74, 6) is -4.19. The summed E-state index contributed by atoms with van der Waals surface area (Å²) in [6, 6.07) is 6.19. The summed E-state index contributed by atoms with van der Waals surface area (Å²) in [6.07, 6.45) is -0.127. The Kier molecular flexibility index (Phi) is 5.86. The molecule has 10 heteroatoms. The van der Waals surface area contributed by atoms with Crippen LogP contribution in [-0.2, 0) is 9.59 Å². The first kappa shape index (κ1) is 21.0. The summed E-state index contributed by atoms with van der Waals surface area (Å²) >= 11 is 0. The van der Waals surface area contributed by atoms with Crippen LogP contribution < -0.4 is 25.4 Å². The van der Waals surface area contributed by atoms with Crippen molar-refractivity contribution in [1.29, 1.82) is 0 Å². The molecule has 8 nitrogen and oxygen atoms in total. The van der Waals surface area contributed by atoms with Crippen molar-refractivity contribution in [3.05, 3.63) is 47.5 Å². The zero-order valence-electron chi connectivity index (χ0n) is 16.2. The quantitative estimate of drug-likeness (QED) is 0.745. The Morgan fingerprint density at radius 3 is 2.50 bits per heavy atom. The molecule has 1 unspecified atom stereocenters. The smallest absolute Gasteiger partial charge is 0.251 e. The van der Waals surface area contributed by atoms with Gasteiger partial charge in [0.2, 0.25) is 11.8 Å². The molecule has 0 saturated carbocycles. The van der Waals surface area contributed by atoms with Gasteiger partial charge in [0.15, 0.2) is 0 Å². The van der Waals surface area contributed by atoms with Gasteiger partial charge in [-0.3, -0.25) is 14.4 Å². The number of hydrogen-bond acceptors (Lipinski definition) is 5. The second kappa shape index (κ2) is 8.36. The fourth-order valence-electron chi connectivity index (χ4n) is 3.19. The van der Waals surface area contributed by atoms with Gasteiger partial charge < -0.3 is 25.4 Å². The lowest BCUT2D eigenvalue weighted by Gasteiger charge is -2.20. The van der Waals surface area contributed by atoms with Gasteiger partial charge in [0.05, 0.1) is 37.1 Å². The molecule has 3 N–H and O–H groups in total. The Hall–Kier alpha value is -3.69. The van der Waals surface area contributed by atoms with Gasteiger partial charge in [-0.1, -0.05) is 0 Å². The van der Waals surface area contributed by atoms with Crippen LogP contribution in [-0.4, -0.2) is 38.5 Å². The highest BCUT2D eigenvalue weighted by Crippen LogP contribution is 2.36. The number of methoxy groups -OCH3 is 2. The van der Waals surface area contributed by atoms with Crippen LogP contribution in [0.1, 0.15) is 16.8 Å². The van der Waals surface area contributed by atoms with Crippen molar-refractivity contribution in [3.63, 3.8) is 0 Å². The molecule has 0 radical (unpaired) electrons. The van der Waals surface area contributed by atoms with E-state index in [0.717, 1.165) is 6.07 Å². The monoisotopic (exact) mass is 419 g/mol. The Balaban J connectivity index is 1.81. The van der Waals surface area contributed by atoms with Crippen molar-refractivity contribution in [2.75, 3.05) is 31.0 Å². The molecule has 3 rings (SSSR count). The van der Waals surface area contributed by atoms with Crippen LogP contribution in [0, 0.1) is 17.6 Å². The first-order valence-corrected chi connectivity index (χ1v) is 8.87. The van der Waals surface area contributed by atoms with Gasteiger partial charge in [-0.2, -0.15) is 0 Å². The molecule has 1 fully saturated rings. The number of anilines is 2. The zero-order valence-corrected chi connectivity index (χ0v) is 16.2. The van der Waals surface area contributed by atoms with Gasteiger partial charge in [0.1, 0.15) is 23.1 Å². The molecule has 0 aliphatic carbocycles. The van der Waals surface area contributed by atoms with Crippen molar-refractivity contribution < 1.29 is 32.6 Å². The number of ether oxygens (including phenoxy) is 2. The Bertz CT molecular complexity index is 1030. The van der Waals surface area contributed by atoms with E-state index in [-0.39, 0.29) is 18.9 Å². The molecule has 0 spiro atoms. The SMILES string of the molecule is COc1ccc(OC)c(N2CC(C(=O)Nc3cc(C(N)=O)c(F)cc3F)CC2=O)c1. The molecule has 0 aromatic heterocycles. The molecule has 30 heavy (non-hydrogen) atoms. The maximum atomic E-state index is 14.0. The maximum Gasteiger partial charge on any atom is 0.251 e. The Labute approximate surface area is 170 Å². The number of carbonyl (C=O) groups excluding carboxylic acids is 3. The van der Waals surface area contributed by atoms with Gasteiger partial charge in [-0.25, -0.2) is 8.78 Å². The van der Waals surface area contributed by atoms with Crippen molar-refractivity contribution in [1.82, 2.24) is 0 Å². The number of nitrogens with one attached hydrogen (secondary N) is 1. The van der Waals surface area contributed by atoms with Gasteiger partial charge >= 0.3 is 0 Å². The summed E-state index contributed by atoms with van der Waals surface area (Å²) in [5.41, 5.74) is 4.52. The van der Waals surface area contributed by atoms with E-state index >= 15 is 0 Å². The van der Waals surface area contributed by atoms with E-state index in [2.05, 4.69) is 5.32 Å². The minimum absolute atomic E-state index is 0.0136. The first-order valence-electron chi connectivity index (χ1n) is 8.87. The fourth-order valence-corrected chi connectivity index (χ4v) is 3.19. The lowest BCUT2D eigenvalue weighted by atomic mass is 10.1. The third kappa shape index (κ3) is 4.02. The van der Waals surface area contributed by atoms with E-state index in [9.17, 15) is 23.2 Å². The van der Waals surface area contributed by atoms with E-state index in [1.807, 2.05) is 0 Å². The number of nitrogens with two attached hydrogens (primary N) is 1. The largest absolute Gasteiger partial charge is 0.497 e. The minimum Gasteiger partial charge on any atom is -0.497 e. The number of primary amides is 1. The number of hydrogen-bond donors (Lipinski definition) is 2. The van der Waals surface area contributed by atoms with Crippen LogP contribution in [0.3, 0.4) is 0 Å². The van der Waals surface area contributed by atoms with Crippen molar-refractivity contribution in [3.8, 4) is 11.5 Å². The van der Waals surface area contributed by atoms with Gasteiger partial charge in [-0.05, 0) is 18.2 Å². The number of nitrogens with zero attached hydrogens (tertiary/aromatic N) is 1. The highest BCUT2D eigenvalue weighted by Gasteiger charge is 2.37. The molecular weight excluding hydrogens is 400 g/mol. The molecule has 0 bridgehead atoms. The summed E-state index contributed by atoms with van der Waals surface area (Å²) in [7, 11) is 2.93. The summed E-state index contributed by atoms with van der Waals surface area (Å²) in [4.78, 5) is 37.8. The number of benzene rings is 2. The molecule has 3 amide bonds. The van der Waals surface area contributed by atoms with E-state index in [0.29, 0.717) is 23.3 Å². The highest BCUT2D eigenvalue weighted by molar-refractivity contribution is 6.04. The van der Waals surface area contributed by atoms with Crippen LogP contribution in [0.5, 0.6) is 11.5 Å². The van der Waals surface area contributed by atoms with E-state index < -0.39 is 40.6 Å². The van der Waals surface area contributed by atoms with Crippen LogP contribution >= 0.6 is 0 Å². The number of rotatable bonds is 6. The number of amides is 3. The molecular formula is C20H19F2N3O5. The summed E-state index contributed by atoms with van der Waals surface area (Å²) in [6.45, 7) is 0.0136. The van der Waals surface area contributed by atoms with Crippen molar-refractivity contribution >= 4 is 29.1 Å². The minimum atomic E-state index is -1.13. The number of halogens is 2. The molecule has 1 heterocycles. The maximum absolute atomic E-state index is 14.0. The topological polar surface area (TPSA) is 111 Å². The van der Waals surface area contributed by atoms with Gasteiger partial charge in [0.25, 0.3) is 5.91 Å². The predicted octanol–water partition coefficient (Wildman–Crippen LogP) is 2.07. The number of carbonyl (C=O) groups is 3. The normalized spacial score (nSPS) is 15.8. The van der Waals surface area contributed by atoms with Crippen molar-refractivity contribution in [2.45, 2.75) is 6.42 Å².